The minimum atomic E-state index is -4.77. The number of aliphatic hydroxyl groups excluding tert-OH is 1. The van der Waals surface area contributed by atoms with Crippen molar-refractivity contribution in [3.63, 3.8) is 0 Å². The zero-order valence-electron chi connectivity index (χ0n) is 37.9. The lowest BCUT2D eigenvalue weighted by Crippen LogP contribution is -2.57. The van der Waals surface area contributed by atoms with Gasteiger partial charge >= 0.3 is 7.82 Å². The first-order valence-electron chi connectivity index (χ1n) is 22.2. The normalized spacial score (nSPS) is 35.0. The van der Waals surface area contributed by atoms with E-state index in [2.05, 4.69) is 25.5 Å². The maximum Gasteiger partial charge on any atom is 0.472 e. The second-order valence-corrected chi connectivity index (χ2v) is 23.6. The Morgan fingerprint density at radius 3 is 2.66 bits per heavy atom. The molecule has 7 aliphatic rings. The van der Waals surface area contributed by atoms with Crippen molar-refractivity contribution in [1.29, 1.82) is 0 Å². The first-order valence-corrected chi connectivity index (χ1v) is 27.6. The maximum atomic E-state index is 13.4. The quantitative estimate of drug-likeness (QED) is 0.0556. The number of likely N-dealkylation sites (N-methyl/N-ethyl adjacent to an activating group) is 2. The van der Waals surface area contributed by atoms with Crippen LogP contribution in [0, 0.1) is 11.3 Å². The van der Waals surface area contributed by atoms with Crippen LogP contribution in [-0.2, 0) is 53.6 Å². The van der Waals surface area contributed by atoms with Crippen LogP contribution in [0.3, 0.4) is 0 Å². The molecule has 2 amide bonds. The van der Waals surface area contributed by atoms with Crippen molar-refractivity contribution in [2.45, 2.75) is 112 Å². The fourth-order valence-electron chi connectivity index (χ4n) is 10.6. The number of aliphatic hydroxyl groups is 1. The second-order valence-electron chi connectivity index (χ2n) is 18.2. The van der Waals surface area contributed by atoms with Gasteiger partial charge in [0.25, 0.3) is 10.1 Å². The molecular formula is C42H57N8O14PS3. The Bertz CT molecular complexity index is 2710. The van der Waals surface area contributed by atoms with E-state index >= 15 is 0 Å². The maximum absolute atomic E-state index is 13.4. The largest absolute Gasteiger partial charge is 0.744 e. The Morgan fingerprint density at radius 2 is 1.97 bits per heavy atom. The number of phosphoric acid groups is 1. The Labute approximate surface area is 398 Å². The average molecular weight is 1030 g/mol. The monoisotopic (exact) mass is 1020 g/mol. The van der Waals surface area contributed by atoms with Crippen LogP contribution in [0.15, 0.2) is 75.1 Å². The van der Waals surface area contributed by atoms with Crippen LogP contribution in [0.5, 0.6) is 0 Å². The van der Waals surface area contributed by atoms with Crippen molar-refractivity contribution in [2.24, 2.45) is 22.1 Å². The number of nitrogens with two attached hydrogens (primary N) is 1. The number of aliphatic imine (C=N–C) groups is 1. The van der Waals surface area contributed by atoms with Crippen LogP contribution in [0.25, 0.3) is 0 Å². The molecule has 0 saturated carbocycles. The molecule has 3 saturated heterocycles. The summed E-state index contributed by atoms with van der Waals surface area (Å²) in [4.78, 5) is 43.7. The smallest absolute Gasteiger partial charge is 0.472 e. The van der Waals surface area contributed by atoms with Gasteiger partial charge in [-0.05, 0) is 69.5 Å². The highest BCUT2D eigenvalue weighted by Gasteiger charge is 2.59. The summed E-state index contributed by atoms with van der Waals surface area (Å²) in [6.45, 7) is 11.0. The minimum Gasteiger partial charge on any atom is -0.744 e. The fraction of sp³-hybridized carbons (Fsp3) is 0.571. The average Bonchev–Trinajstić information content (AvgIpc) is 3.92. The highest BCUT2D eigenvalue weighted by Crippen LogP contribution is 2.53. The Balaban J connectivity index is 0.951. The lowest BCUT2D eigenvalue weighted by Gasteiger charge is -2.34. The molecule has 0 bridgehead atoms. The van der Waals surface area contributed by atoms with E-state index in [0.717, 1.165) is 17.0 Å². The van der Waals surface area contributed by atoms with Gasteiger partial charge in [-0.1, -0.05) is 32.1 Å². The molecule has 0 aromatic heterocycles. The molecule has 11 atom stereocenters. The van der Waals surface area contributed by atoms with Gasteiger partial charge in [-0.15, -0.1) is 11.8 Å². The number of thioether (sulfide) groups is 1. The van der Waals surface area contributed by atoms with E-state index in [1.807, 2.05) is 57.7 Å². The summed E-state index contributed by atoms with van der Waals surface area (Å²) in [6.07, 6.45) is 5.90. The summed E-state index contributed by atoms with van der Waals surface area (Å²) in [5, 5.41) is 19.9. The standard InChI is InChI=1S/C42H57N8O14PS3/c1-6-48-27-16-14-23(67(56,57)58)20-26(27)42(5,31(48)11-8-10-30-41(3,4)25-15-13-24(68(59,60)61)21-28(25)49(30)7-2)17-9-12-32(51)44-18-19-66-40-45-33-36(46-39(43)47-37(33)53)50(40)38-34(52)35-29(63-38)22-62-65(54,55)64-35/h8,10-11,13-16,20-21,26-27,29,33-36,38,40,45,52H,6-7,9,12,17-19,22H2,1-5H3,(H6-,43,44,46,47,51,53,54,55,56,57,58,59,60,61). The summed E-state index contributed by atoms with van der Waals surface area (Å²) in [5.74, 6) is -0.937. The number of allylic oxidation sites excluding steroid dienone is 5. The van der Waals surface area contributed by atoms with E-state index in [1.54, 1.807) is 17.0 Å². The van der Waals surface area contributed by atoms with Gasteiger partial charge in [0, 0.05) is 48.1 Å². The van der Waals surface area contributed by atoms with Gasteiger partial charge in [0.1, 0.15) is 58.9 Å². The van der Waals surface area contributed by atoms with E-state index in [0.29, 0.717) is 37.4 Å². The molecule has 1 aromatic carbocycles. The van der Waals surface area contributed by atoms with Gasteiger partial charge in [0.05, 0.1) is 27.7 Å². The molecule has 8 rings (SSSR count). The van der Waals surface area contributed by atoms with Crippen LogP contribution in [0.1, 0.15) is 59.4 Å². The van der Waals surface area contributed by atoms with E-state index in [1.165, 1.54) is 36.0 Å². The highest BCUT2D eigenvalue weighted by molar-refractivity contribution is 7.99. The van der Waals surface area contributed by atoms with E-state index in [9.17, 15) is 50.1 Å². The van der Waals surface area contributed by atoms with Gasteiger partial charge < -0.3 is 35.2 Å². The molecule has 8 N–H and O–H groups in total. The minimum absolute atomic E-state index is 0.119. The zero-order valence-corrected chi connectivity index (χ0v) is 41.3. The lowest BCUT2D eigenvalue weighted by molar-refractivity contribution is -0.546. The van der Waals surface area contributed by atoms with Crippen molar-refractivity contribution in [3.05, 3.63) is 70.8 Å². The number of carbonyl (C=O) groups is 2. The summed E-state index contributed by atoms with van der Waals surface area (Å²) in [7, 11) is -13.6. The molecule has 11 unspecified atom stereocenters. The fourth-order valence-corrected chi connectivity index (χ4v) is 13.7. The number of ether oxygens (including phenoxy) is 1. The zero-order chi connectivity index (χ0) is 49.3. The van der Waals surface area contributed by atoms with E-state index < -0.39 is 93.0 Å². The first-order chi connectivity index (χ1) is 31.9. The Kier molecular flexibility index (Phi) is 13.9. The predicted octanol–water partition coefficient (Wildman–Crippen LogP) is 0.917. The molecule has 6 heterocycles. The number of anilines is 1. The van der Waals surface area contributed by atoms with Gasteiger partial charge in [-0.25, -0.2) is 27.5 Å². The molecule has 26 heteroatoms. The third-order valence-corrected chi connectivity index (χ3v) is 17.7. The molecule has 3 fully saturated rings. The van der Waals surface area contributed by atoms with Crippen molar-refractivity contribution >= 4 is 69.0 Å². The number of carbonyl (C=O) groups excluding carboxylic acids is 2. The van der Waals surface area contributed by atoms with Gasteiger partial charge in [-0.3, -0.25) is 33.8 Å². The van der Waals surface area contributed by atoms with Crippen LogP contribution in [0.4, 0.5) is 5.69 Å². The van der Waals surface area contributed by atoms with Crippen LogP contribution in [0.2, 0.25) is 0 Å². The highest BCUT2D eigenvalue weighted by atomic mass is 32.2. The number of guanidine groups is 1. The van der Waals surface area contributed by atoms with Crippen LogP contribution in [-0.4, -0.2) is 149 Å². The molecule has 22 nitrogen and oxygen atoms in total. The van der Waals surface area contributed by atoms with Crippen molar-refractivity contribution in [1.82, 2.24) is 20.9 Å². The topological polar surface area (TPSA) is 315 Å². The lowest BCUT2D eigenvalue weighted by atomic mass is 9.68. The molecule has 1 aromatic rings. The third-order valence-electron chi connectivity index (χ3n) is 13.8. The number of phosphoric ester groups is 1. The molecule has 372 valence electrons. The molecule has 0 radical (unpaired) electrons. The Morgan fingerprint density at radius 1 is 1.22 bits per heavy atom. The second kappa shape index (κ2) is 18.7. The van der Waals surface area contributed by atoms with Gasteiger partial charge in [0.2, 0.25) is 11.8 Å². The summed E-state index contributed by atoms with van der Waals surface area (Å²) >= 11 is 1.30. The number of nitrogens with one attached hydrogen (secondary N) is 3. The van der Waals surface area contributed by atoms with Crippen molar-refractivity contribution in [3.8, 4) is 0 Å². The van der Waals surface area contributed by atoms with Gasteiger partial charge in [-0.2, -0.15) is 8.42 Å². The number of rotatable bonds is 15. The summed E-state index contributed by atoms with van der Waals surface area (Å²) in [5.41, 5.74) is 7.25. The molecule has 0 spiro atoms. The SMILES string of the molecule is CCN1C(=CC=CC2=[N+](CC)C3C=CC(S(=O)(=O)[O-])=CC3C2(C)CCCC(=O)NCCSC2NC3C(=O)NC(N)=NC3N2C2OC3COP(=O)(O)OC3C2O)C(C)(C)c2ccc(S(=O)(=O)O)cc21. The first kappa shape index (κ1) is 50.6. The summed E-state index contributed by atoms with van der Waals surface area (Å²) < 4.78 is 101. The number of hydrogen-bond donors (Lipinski definition) is 7. The molecule has 6 aliphatic heterocycles. The number of fused-ring (bicyclic) bond motifs is 4. The van der Waals surface area contributed by atoms with E-state index in [4.69, 9.17) is 19.5 Å². The number of benzene rings is 1. The van der Waals surface area contributed by atoms with Crippen molar-refractivity contribution in [2.75, 3.05) is 36.9 Å². The Hall–Kier alpha value is -3.82. The number of hydrogen-bond acceptors (Lipinski definition) is 18. The number of nitrogens with zero attached hydrogens (tertiary/aromatic N) is 4. The van der Waals surface area contributed by atoms with Crippen molar-refractivity contribution < 1.29 is 68.5 Å². The summed E-state index contributed by atoms with van der Waals surface area (Å²) in [6, 6.07) is 3.41. The number of amides is 2. The molecular weight excluding hydrogens is 968 g/mol. The van der Waals surface area contributed by atoms with Gasteiger partial charge in [0.15, 0.2) is 17.7 Å². The van der Waals surface area contributed by atoms with Crippen LogP contribution >= 0.6 is 19.6 Å². The van der Waals surface area contributed by atoms with E-state index in [-0.39, 0.29) is 47.3 Å². The molecule has 1 aliphatic carbocycles. The van der Waals surface area contributed by atoms with Crippen LogP contribution < -0.4 is 26.6 Å². The molecule has 68 heavy (non-hydrogen) atoms. The third kappa shape index (κ3) is 9.42. The predicted molar refractivity (Wildman–Crippen MR) is 248 cm³/mol.